The summed E-state index contributed by atoms with van der Waals surface area (Å²) in [6, 6.07) is -1.35. The van der Waals surface area contributed by atoms with Crippen molar-refractivity contribution in [2.75, 3.05) is 24.1 Å². The number of thioether (sulfide) groups is 1. The van der Waals surface area contributed by atoms with Crippen molar-refractivity contribution in [1.82, 2.24) is 4.90 Å². The van der Waals surface area contributed by atoms with Crippen LogP contribution in [-0.2, 0) is 13.9 Å². The number of carboxylic acid groups (broad SMARTS) is 1. The molecule has 12 heteroatoms. The molecule has 1 unspecified atom stereocenters. The van der Waals surface area contributed by atoms with Crippen LogP contribution in [0.2, 0.25) is 0 Å². The smallest absolute Gasteiger partial charge is 0.339 e. The molecule has 0 aromatic rings. The molecule has 0 rings (SSSR count). The van der Waals surface area contributed by atoms with Gasteiger partial charge in [-0.25, -0.2) is 0 Å². The highest BCUT2D eigenvalue weighted by atomic mass is 32.2. The SMILES string of the molecule is CCSCCC(C(=O)O)N(CP(=O)(O)O)CP(=O)(O)O. The van der Waals surface area contributed by atoms with E-state index in [9.17, 15) is 13.9 Å². The summed E-state index contributed by atoms with van der Waals surface area (Å²) in [6.45, 7) is 1.86. The van der Waals surface area contributed by atoms with Crippen molar-refractivity contribution in [1.29, 1.82) is 0 Å². The molecule has 0 radical (unpaired) electrons. The minimum absolute atomic E-state index is 0.0356. The summed E-state index contributed by atoms with van der Waals surface area (Å²) in [5.41, 5.74) is 0. The third-order valence-corrected chi connectivity index (χ3v) is 4.59. The quantitative estimate of drug-likeness (QED) is 0.271. The Balaban J connectivity index is 5.04. The molecule has 5 N–H and O–H groups in total. The molecule has 0 saturated heterocycles. The van der Waals surface area contributed by atoms with Gasteiger partial charge in [0.15, 0.2) is 0 Å². The maximum atomic E-state index is 11.1. The molecule has 0 heterocycles. The minimum atomic E-state index is -4.63. The van der Waals surface area contributed by atoms with Crippen LogP contribution in [0.3, 0.4) is 0 Å². The minimum Gasteiger partial charge on any atom is -0.480 e. The first-order valence-corrected chi connectivity index (χ1v) is 10.3. The van der Waals surface area contributed by atoms with Crippen molar-refractivity contribution in [2.24, 2.45) is 0 Å². The van der Waals surface area contributed by atoms with Gasteiger partial charge in [0, 0.05) is 0 Å². The van der Waals surface area contributed by atoms with Crippen molar-refractivity contribution in [3.05, 3.63) is 0 Å². The fourth-order valence-corrected chi connectivity index (χ4v) is 3.89. The summed E-state index contributed by atoms with van der Waals surface area (Å²) < 4.78 is 22.0. The van der Waals surface area contributed by atoms with Gasteiger partial charge < -0.3 is 24.7 Å². The standard InChI is InChI=1S/C8H19NO8P2S/c1-2-20-4-3-7(8(10)11)9(5-18(12,13)14)6-19(15,16)17/h7H,2-6H2,1H3,(H,10,11)(H2,12,13,14)(H2,15,16,17). The molecular weight excluding hydrogens is 332 g/mol. The number of aliphatic carboxylic acids is 1. The van der Waals surface area contributed by atoms with Gasteiger partial charge in [-0.2, -0.15) is 11.8 Å². The van der Waals surface area contributed by atoms with Crippen molar-refractivity contribution < 1.29 is 38.6 Å². The average Bonchev–Trinajstić information content (AvgIpc) is 2.18. The summed E-state index contributed by atoms with van der Waals surface area (Å²) in [5, 5.41) is 9.08. The van der Waals surface area contributed by atoms with E-state index in [4.69, 9.17) is 24.7 Å². The van der Waals surface area contributed by atoms with Crippen molar-refractivity contribution in [2.45, 2.75) is 19.4 Å². The fraction of sp³-hybridized carbons (Fsp3) is 0.875. The third-order valence-electron chi connectivity index (χ3n) is 2.20. The number of hydrogen-bond donors (Lipinski definition) is 5. The lowest BCUT2D eigenvalue weighted by molar-refractivity contribution is -0.142. The number of nitrogens with zero attached hydrogens (tertiary/aromatic N) is 1. The third kappa shape index (κ3) is 9.90. The Morgan fingerprint density at radius 3 is 1.90 bits per heavy atom. The Morgan fingerprint density at radius 2 is 1.60 bits per heavy atom. The van der Waals surface area contributed by atoms with E-state index in [2.05, 4.69) is 0 Å². The highest BCUT2D eigenvalue weighted by molar-refractivity contribution is 7.99. The monoisotopic (exact) mass is 351 g/mol. The zero-order valence-electron chi connectivity index (χ0n) is 10.8. The largest absolute Gasteiger partial charge is 0.480 e. The second kappa shape index (κ2) is 8.51. The van der Waals surface area contributed by atoms with Crippen molar-refractivity contribution in [3.63, 3.8) is 0 Å². The fourth-order valence-electron chi connectivity index (χ4n) is 1.52. The van der Waals surface area contributed by atoms with Gasteiger partial charge in [-0.3, -0.25) is 18.8 Å². The average molecular weight is 351 g/mol. The van der Waals surface area contributed by atoms with Crippen LogP contribution in [0.25, 0.3) is 0 Å². The molecule has 0 aromatic heterocycles. The zero-order chi connectivity index (χ0) is 16.0. The highest BCUT2D eigenvalue weighted by Crippen LogP contribution is 2.42. The Kier molecular flexibility index (Phi) is 8.54. The molecule has 0 spiro atoms. The molecule has 120 valence electrons. The van der Waals surface area contributed by atoms with Crippen LogP contribution in [0.15, 0.2) is 0 Å². The molecule has 0 saturated carbocycles. The van der Waals surface area contributed by atoms with Gasteiger partial charge in [0.25, 0.3) is 0 Å². The predicted molar refractivity (Wildman–Crippen MR) is 74.7 cm³/mol. The van der Waals surface area contributed by atoms with Gasteiger partial charge in [-0.05, 0) is 17.9 Å². The molecule has 0 fully saturated rings. The first-order chi connectivity index (χ1) is 8.96. The van der Waals surface area contributed by atoms with Gasteiger partial charge in [0.1, 0.15) is 18.6 Å². The lowest BCUT2D eigenvalue weighted by Crippen LogP contribution is -2.42. The molecule has 9 nitrogen and oxygen atoms in total. The number of carboxylic acids is 1. The molecule has 0 bridgehead atoms. The number of carbonyl (C=O) groups is 1. The number of hydrogen-bond acceptors (Lipinski definition) is 5. The van der Waals surface area contributed by atoms with E-state index in [-0.39, 0.29) is 6.42 Å². The Labute approximate surface area is 120 Å². The van der Waals surface area contributed by atoms with E-state index in [0.29, 0.717) is 10.7 Å². The van der Waals surface area contributed by atoms with Gasteiger partial charge in [-0.15, -0.1) is 0 Å². The topological polar surface area (TPSA) is 156 Å². The Bertz CT molecular complexity index is 383. The van der Waals surface area contributed by atoms with Crippen LogP contribution >= 0.6 is 27.0 Å². The zero-order valence-corrected chi connectivity index (χ0v) is 13.4. The molecule has 1 atom stereocenters. The van der Waals surface area contributed by atoms with Gasteiger partial charge >= 0.3 is 21.2 Å². The van der Waals surface area contributed by atoms with Gasteiger partial charge in [-0.1, -0.05) is 6.92 Å². The van der Waals surface area contributed by atoms with Crippen LogP contribution in [-0.4, -0.2) is 65.7 Å². The van der Waals surface area contributed by atoms with Crippen LogP contribution in [0.5, 0.6) is 0 Å². The van der Waals surface area contributed by atoms with Crippen LogP contribution < -0.4 is 0 Å². The van der Waals surface area contributed by atoms with Crippen LogP contribution in [0, 0.1) is 0 Å². The number of rotatable bonds is 10. The maximum absolute atomic E-state index is 11.1. The first kappa shape index (κ1) is 20.1. The summed E-state index contributed by atoms with van der Waals surface area (Å²) in [5.74, 6) is -0.223. The highest BCUT2D eigenvalue weighted by Gasteiger charge is 2.34. The van der Waals surface area contributed by atoms with E-state index < -0.39 is 39.8 Å². The van der Waals surface area contributed by atoms with E-state index in [1.54, 1.807) is 0 Å². The molecule has 20 heavy (non-hydrogen) atoms. The lowest BCUT2D eigenvalue weighted by atomic mass is 10.2. The van der Waals surface area contributed by atoms with Crippen molar-refractivity contribution >= 4 is 32.9 Å². The second-order valence-electron chi connectivity index (χ2n) is 4.04. The Morgan fingerprint density at radius 1 is 1.15 bits per heavy atom. The molecule has 0 aromatic carbocycles. The Hall–Kier alpha value is 0.0800. The van der Waals surface area contributed by atoms with E-state index in [1.165, 1.54) is 11.8 Å². The van der Waals surface area contributed by atoms with Gasteiger partial charge in [0.2, 0.25) is 0 Å². The molecular formula is C8H19NO8P2S. The molecule has 0 aliphatic heterocycles. The molecule has 0 aliphatic carbocycles. The van der Waals surface area contributed by atoms with Crippen LogP contribution in [0.4, 0.5) is 0 Å². The first-order valence-electron chi connectivity index (χ1n) is 5.60. The molecule has 0 aliphatic rings. The predicted octanol–water partition coefficient (Wildman–Crippen LogP) is 0.155. The van der Waals surface area contributed by atoms with E-state index >= 15 is 0 Å². The lowest BCUT2D eigenvalue weighted by Gasteiger charge is -2.28. The summed E-state index contributed by atoms with van der Waals surface area (Å²) in [4.78, 5) is 47.4. The second-order valence-corrected chi connectivity index (χ2v) is 8.66. The van der Waals surface area contributed by atoms with E-state index in [1.807, 2.05) is 6.92 Å². The summed E-state index contributed by atoms with van der Waals surface area (Å²) in [6.07, 6.45) is -1.98. The normalized spacial score (nSPS) is 14.5. The van der Waals surface area contributed by atoms with Gasteiger partial charge in [0.05, 0.1) is 0 Å². The van der Waals surface area contributed by atoms with Crippen molar-refractivity contribution in [3.8, 4) is 0 Å². The summed E-state index contributed by atoms with van der Waals surface area (Å²) >= 11 is 1.43. The van der Waals surface area contributed by atoms with Crippen LogP contribution in [0.1, 0.15) is 13.3 Å². The summed E-state index contributed by atoms with van der Waals surface area (Å²) in [7, 11) is -9.26. The maximum Gasteiger partial charge on any atom is 0.339 e. The molecule has 0 amide bonds. The van der Waals surface area contributed by atoms with E-state index in [0.717, 1.165) is 5.75 Å².